The molecule has 0 spiro atoms. The SMILES string of the molecule is Cc1nc(CNc2ncnc(NN)c2Br)oc1C. The molecular weight excluding hydrogens is 300 g/mol. The van der Waals surface area contributed by atoms with Gasteiger partial charge in [0.15, 0.2) is 5.82 Å². The van der Waals surface area contributed by atoms with Crippen LogP contribution in [-0.4, -0.2) is 15.0 Å². The third-order valence-corrected chi connectivity index (χ3v) is 3.16. The number of hydrazine groups is 1. The molecule has 0 amide bonds. The molecule has 0 bridgehead atoms. The van der Waals surface area contributed by atoms with E-state index in [1.165, 1.54) is 6.33 Å². The predicted molar refractivity (Wildman–Crippen MR) is 70.8 cm³/mol. The molecule has 0 fully saturated rings. The first-order valence-corrected chi connectivity index (χ1v) is 6.05. The Morgan fingerprint density at radius 3 is 2.67 bits per heavy atom. The largest absolute Gasteiger partial charge is 0.444 e. The van der Waals surface area contributed by atoms with Gasteiger partial charge in [-0.05, 0) is 29.8 Å². The van der Waals surface area contributed by atoms with E-state index in [1.807, 2.05) is 13.8 Å². The van der Waals surface area contributed by atoms with E-state index in [1.54, 1.807) is 0 Å². The van der Waals surface area contributed by atoms with Gasteiger partial charge in [0.05, 0.1) is 12.2 Å². The minimum absolute atomic E-state index is 0.439. The van der Waals surface area contributed by atoms with E-state index >= 15 is 0 Å². The highest BCUT2D eigenvalue weighted by atomic mass is 79.9. The van der Waals surface area contributed by atoms with Crippen LogP contribution < -0.4 is 16.6 Å². The summed E-state index contributed by atoms with van der Waals surface area (Å²) in [6.07, 6.45) is 1.41. The molecule has 0 aliphatic carbocycles. The Morgan fingerprint density at radius 2 is 2.06 bits per heavy atom. The summed E-state index contributed by atoms with van der Waals surface area (Å²) < 4.78 is 6.12. The monoisotopic (exact) mass is 312 g/mol. The van der Waals surface area contributed by atoms with E-state index in [2.05, 4.69) is 41.6 Å². The van der Waals surface area contributed by atoms with Crippen molar-refractivity contribution >= 4 is 27.6 Å². The maximum atomic E-state index is 5.46. The fourth-order valence-electron chi connectivity index (χ4n) is 1.37. The highest BCUT2D eigenvalue weighted by Gasteiger charge is 2.09. The number of aryl methyl sites for hydroxylation is 2. The molecule has 2 heterocycles. The van der Waals surface area contributed by atoms with Crippen molar-refractivity contribution in [3.05, 3.63) is 28.1 Å². The van der Waals surface area contributed by atoms with Crippen LogP contribution in [0.15, 0.2) is 15.2 Å². The van der Waals surface area contributed by atoms with E-state index in [-0.39, 0.29) is 0 Å². The molecule has 18 heavy (non-hydrogen) atoms. The van der Waals surface area contributed by atoms with Crippen LogP contribution in [0.5, 0.6) is 0 Å². The molecule has 2 aromatic heterocycles. The zero-order chi connectivity index (χ0) is 13.1. The standard InChI is InChI=1S/C10H13BrN6O/c1-5-6(2)18-7(16-5)3-13-9-8(11)10(17-12)15-4-14-9/h4H,3,12H2,1-2H3,(H2,13,14,15,17). The molecule has 0 aliphatic heterocycles. The molecule has 0 unspecified atom stereocenters. The molecule has 7 nitrogen and oxygen atoms in total. The fourth-order valence-corrected chi connectivity index (χ4v) is 1.83. The topological polar surface area (TPSA) is 102 Å². The third-order valence-electron chi connectivity index (χ3n) is 2.41. The molecule has 96 valence electrons. The van der Waals surface area contributed by atoms with Crippen LogP contribution >= 0.6 is 15.9 Å². The number of anilines is 2. The number of nitrogens with one attached hydrogen (secondary N) is 2. The summed E-state index contributed by atoms with van der Waals surface area (Å²) in [7, 11) is 0. The van der Waals surface area contributed by atoms with E-state index in [4.69, 9.17) is 10.3 Å². The summed E-state index contributed by atoms with van der Waals surface area (Å²) >= 11 is 3.35. The van der Waals surface area contributed by atoms with E-state index in [9.17, 15) is 0 Å². The molecule has 0 radical (unpaired) electrons. The second-order valence-electron chi connectivity index (χ2n) is 3.63. The average Bonchev–Trinajstić information content (AvgIpc) is 2.67. The second kappa shape index (κ2) is 5.32. The third kappa shape index (κ3) is 2.59. The quantitative estimate of drug-likeness (QED) is 0.583. The van der Waals surface area contributed by atoms with Crippen molar-refractivity contribution in [2.45, 2.75) is 20.4 Å². The summed E-state index contributed by atoms with van der Waals surface area (Å²) in [6, 6.07) is 0. The highest BCUT2D eigenvalue weighted by Crippen LogP contribution is 2.26. The Hall–Kier alpha value is -1.67. The van der Waals surface area contributed by atoms with Gasteiger partial charge in [-0.1, -0.05) is 0 Å². The molecule has 0 saturated heterocycles. The second-order valence-corrected chi connectivity index (χ2v) is 4.42. The summed E-state index contributed by atoms with van der Waals surface area (Å²) in [5, 5.41) is 3.09. The number of aromatic nitrogens is 3. The van der Waals surface area contributed by atoms with E-state index in [0.29, 0.717) is 28.5 Å². The van der Waals surface area contributed by atoms with Crippen molar-refractivity contribution in [3.63, 3.8) is 0 Å². The van der Waals surface area contributed by atoms with Gasteiger partial charge in [0.25, 0.3) is 0 Å². The maximum absolute atomic E-state index is 5.46. The first kappa shape index (κ1) is 12.8. The highest BCUT2D eigenvalue weighted by molar-refractivity contribution is 9.10. The van der Waals surface area contributed by atoms with Gasteiger partial charge in [-0.15, -0.1) is 0 Å². The molecule has 8 heteroatoms. The minimum Gasteiger partial charge on any atom is -0.444 e. The van der Waals surface area contributed by atoms with Crippen LogP contribution in [0.25, 0.3) is 0 Å². The molecule has 0 atom stereocenters. The molecule has 2 aromatic rings. The van der Waals surface area contributed by atoms with Crippen molar-refractivity contribution in [1.82, 2.24) is 15.0 Å². The smallest absolute Gasteiger partial charge is 0.213 e. The molecule has 0 aromatic carbocycles. The maximum Gasteiger partial charge on any atom is 0.213 e. The van der Waals surface area contributed by atoms with Crippen molar-refractivity contribution in [1.29, 1.82) is 0 Å². The Kier molecular flexibility index (Phi) is 3.78. The number of rotatable bonds is 4. The Bertz CT molecular complexity index is 536. The Labute approximate surface area is 112 Å². The molecule has 2 rings (SSSR count). The number of hydrogen-bond donors (Lipinski definition) is 3. The number of nitrogens with two attached hydrogens (primary N) is 1. The number of nitrogens with zero attached hydrogens (tertiary/aromatic N) is 3. The van der Waals surface area contributed by atoms with Crippen LogP contribution in [0, 0.1) is 13.8 Å². The Balaban J connectivity index is 2.10. The lowest BCUT2D eigenvalue weighted by atomic mass is 10.4. The lowest BCUT2D eigenvalue weighted by Gasteiger charge is -2.07. The van der Waals surface area contributed by atoms with Gasteiger partial charge in [0.1, 0.15) is 22.4 Å². The van der Waals surface area contributed by atoms with Crippen LogP contribution in [0.3, 0.4) is 0 Å². The minimum atomic E-state index is 0.439. The van der Waals surface area contributed by atoms with Gasteiger partial charge in [-0.3, -0.25) is 0 Å². The van der Waals surface area contributed by atoms with Crippen LogP contribution in [-0.2, 0) is 6.54 Å². The van der Waals surface area contributed by atoms with Crippen molar-refractivity contribution in [2.75, 3.05) is 10.7 Å². The number of hydrogen-bond acceptors (Lipinski definition) is 7. The van der Waals surface area contributed by atoms with Crippen LogP contribution in [0.1, 0.15) is 17.3 Å². The fraction of sp³-hybridized carbons (Fsp3) is 0.300. The summed E-state index contributed by atoms with van der Waals surface area (Å²) in [4.78, 5) is 12.3. The van der Waals surface area contributed by atoms with E-state index in [0.717, 1.165) is 11.5 Å². The number of oxazole rings is 1. The molecule has 4 N–H and O–H groups in total. The number of halogens is 1. The average molecular weight is 313 g/mol. The molecular formula is C10H13BrN6O. The van der Waals surface area contributed by atoms with Gasteiger partial charge in [0, 0.05) is 0 Å². The van der Waals surface area contributed by atoms with Gasteiger partial charge < -0.3 is 15.2 Å². The zero-order valence-electron chi connectivity index (χ0n) is 9.99. The zero-order valence-corrected chi connectivity index (χ0v) is 11.6. The lowest BCUT2D eigenvalue weighted by Crippen LogP contribution is -2.11. The van der Waals surface area contributed by atoms with Crippen LogP contribution in [0.4, 0.5) is 11.6 Å². The van der Waals surface area contributed by atoms with Crippen molar-refractivity contribution in [2.24, 2.45) is 5.84 Å². The molecule has 0 saturated carbocycles. The van der Waals surface area contributed by atoms with Crippen LogP contribution in [0.2, 0.25) is 0 Å². The van der Waals surface area contributed by atoms with Gasteiger partial charge >= 0.3 is 0 Å². The first-order chi connectivity index (χ1) is 8.61. The van der Waals surface area contributed by atoms with Gasteiger partial charge in [-0.2, -0.15) is 0 Å². The summed E-state index contributed by atoms with van der Waals surface area (Å²) in [5.74, 6) is 7.87. The van der Waals surface area contributed by atoms with Crippen molar-refractivity contribution < 1.29 is 4.42 Å². The Morgan fingerprint density at radius 1 is 1.33 bits per heavy atom. The number of nitrogen functional groups attached to an aromatic ring is 1. The summed E-state index contributed by atoms with van der Waals surface area (Å²) in [5.41, 5.74) is 3.36. The van der Waals surface area contributed by atoms with Crippen molar-refractivity contribution in [3.8, 4) is 0 Å². The molecule has 0 aliphatic rings. The lowest BCUT2D eigenvalue weighted by molar-refractivity contribution is 0.478. The summed E-state index contributed by atoms with van der Waals surface area (Å²) in [6.45, 7) is 4.22. The normalized spacial score (nSPS) is 10.4. The van der Waals surface area contributed by atoms with E-state index < -0.39 is 0 Å². The first-order valence-electron chi connectivity index (χ1n) is 5.25. The predicted octanol–water partition coefficient (Wildman–Crippen LogP) is 1.74. The van der Waals surface area contributed by atoms with Gasteiger partial charge in [-0.25, -0.2) is 20.8 Å². The van der Waals surface area contributed by atoms with Gasteiger partial charge in [0.2, 0.25) is 5.89 Å².